The topological polar surface area (TPSA) is 371 Å². The molecule has 4 aromatic heterocycles. The fourth-order valence-electron chi connectivity index (χ4n) is 16.8. The Morgan fingerprint density at radius 3 is 1.01 bits per heavy atom. The van der Waals surface area contributed by atoms with E-state index in [0.717, 1.165) is 169 Å². The molecule has 9 N–H and O–H groups in total. The van der Waals surface area contributed by atoms with Gasteiger partial charge in [-0.05, 0) is 282 Å². The normalized spacial score (nSPS) is 15.6. The average molecular weight is 1980 g/mol. The molecule has 5 saturated heterocycles. The molecule has 5 fully saturated rings. The third kappa shape index (κ3) is 30.5. The molecule has 0 atom stereocenters. The van der Waals surface area contributed by atoms with Crippen LogP contribution in [0.25, 0.3) is 0 Å². The van der Waals surface area contributed by atoms with E-state index in [4.69, 9.17) is 0 Å². The number of anilines is 19. The number of nitrogens with one attached hydrogen (secondary N) is 9. The third-order valence-corrected chi connectivity index (χ3v) is 31.9. The Balaban J connectivity index is 0.000000149. The molecule has 5 aliphatic rings. The molecule has 0 amide bonds. The second-order valence-corrected chi connectivity index (χ2v) is 46.1. The molecule has 0 radical (unpaired) electrons. The van der Waals surface area contributed by atoms with E-state index in [0.29, 0.717) is 90.9 Å². The quantitative estimate of drug-likeness (QED) is 0.0202. The molecule has 0 unspecified atom stereocenters. The maximum atomic E-state index is 13.1. The smallest absolute Gasteiger partial charge is 0.229 e. The molecule has 5 aliphatic heterocycles. The van der Waals surface area contributed by atoms with Gasteiger partial charge in [0.1, 0.15) is 23.3 Å². The van der Waals surface area contributed by atoms with Crippen molar-refractivity contribution in [3.05, 3.63) is 247 Å². The highest BCUT2D eigenvalue weighted by molar-refractivity contribution is 7.92. The number of aromatic nitrogens is 8. The van der Waals surface area contributed by atoms with Crippen LogP contribution < -0.4 is 62.6 Å². The molecule has 9 heterocycles. The highest BCUT2D eigenvalue weighted by Gasteiger charge is 2.28. The third-order valence-electron chi connectivity index (χ3n) is 24.8. The zero-order valence-corrected chi connectivity index (χ0v) is 85.6. The number of likely N-dealkylation sites (tertiary alicyclic amines) is 1. The predicted octanol–water partition coefficient (Wildman–Crippen LogP) is 17.5. The first-order valence-electron chi connectivity index (χ1n) is 48.0. The Kier molecular flexibility index (Phi) is 35.2. The molecule has 12 aromatic rings. The number of nitrogens with zero attached hydrogens (tertiary/aromatic N) is 15. The first-order valence-corrected chi connectivity index (χ1v) is 54.8. The Labute approximate surface area is 826 Å². The standard InChI is InChI=1S/C28H37N7O2S.C28H37N5O2S.C25H32N6O2S.C23H28N6O2S/c1-21-19-30-28(32-23-6-8-25(9-7-23)35-16-14-34(2)15-17-35)33-27(21)31-24-4-3-5-26(18-24)38(36,37)20-22-10-12-29-13-11-22;1-21-18-29-27(31-23-11-8-10-22(16-23)19-33-14-6-5-7-15-33)32-26(21)30-24-12-9-13-25(17-24)36(34,35)20-28(2,3)4;1-4-16-34(32,33)23-7-5-6-21(17-23)27-24-19(2)18-26-25(29-24)28-20-8-10-22(11-9-20)31-14-12-30(3)13-15-31;1-17-16-24-23(27-22(17)25-19-5-4-6-21(15-19)32(3,30)31)26-18-7-9-20(10-8-18)29-13-11-28(2)12-14-29/h3-9,18-19,22,29H,10-17,20H2,1-2H3,(H2,30,31,32,33);8-13,16-18H,5-7,14-15,19-20H2,1-4H3,(H2,29,30,31,32);5-11,17-18H,4,12-16H2,1-3H3,(H2,26,27,28,29);4-10,15-16H,11-14H2,1-3H3,(H2,24,25,26,27). The molecule has 140 heavy (non-hydrogen) atoms. The zero-order valence-electron chi connectivity index (χ0n) is 82.4. The van der Waals surface area contributed by atoms with Crippen molar-refractivity contribution in [2.45, 2.75) is 120 Å². The van der Waals surface area contributed by atoms with Crippen LogP contribution in [0, 0.1) is 39.0 Å². The molecule has 17 rings (SSSR count). The van der Waals surface area contributed by atoms with E-state index in [-0.39, 0.29) is 33.5 Å². The number of benzene rings is 8. The second kappa shape index (κ2) is 47.6. The van der Waals surface area contributed by atoms with E-state index < -0.39 is 39.3 Å². The minimum atomic E-state index is -3.40. The number of piperazine rings is 3. The van der Waals surface area contributed by atoms with Gasteiger partial charge in [0.15, 0.2) is 39.3 Å². The van der Waals surface area contributed by atoms with Gasteiger partial charge in [0.05, 0.1) is 36.8 Å². The molecular formula is C104H134N24O8S4. The lowest BCUT2D eigenvalue weighted by molar-refractivity contribution is 0.221. The number of aryl methyl sites for hydroxylation is 4. The second-order valence-electron chi connectivity index (χ2n) is 37.9. The number of sulfone groups is 4. The average Bonchev–Trinajstić information content (AvgIpc) is 0.788. The van der Waals surface area contributed by atoms with Crippen LogP contribution in [0.4, 0.5) is 110 Å². The summed E-state index contributed by atoms with van der Waals surface area (Å²) in [5.41, 5.74) is 14.3. The number of hydrogen-bond acceptors (Lipinski definition) is 32. The van der Waals surface area contributed by atoms with Gasteiger partial charge in [-0.3, -0.25) is 4.90 Å². The van der Waals surface area contributed by atoms with E-state index in [2.05, 4.69) is 198 Å². The van der Waals surface area contributed by atoms with Crippen molar-refractivity contribution in [3.63, 3.8) is 0 Å². The maximum Gasteiger partial charge on any atom is 0.229 e. The molecular weight excluding hydrogens is 1840 g/mol. The molecule has 0 bridgehead atoms. The zero-order chi connectivity index (χ0) is 99.1. The summed E-state index contributed by atoms with van der Waals surface area (Å²) in [7, 11) is -6.87. The monoisotopic (exact) mass is 1970 g/mol. The number of hydrogen-bond donors (Lipinski definition) is 9. The summed E-state index contributed by atoms with van der Waals surface area (Å²) in [5, 5.41) is 29.4. The summed E-state index contributed by atoms with van der Waals surface area (Å²) >= 11 is 0. The lowest BCUT2D eigenvalue weighted by Gasteiger charge is -2.34. The minimum absolute atomic E-state index is 0.0842. The number of rotatable bonds is 30. The fraction of sp³-hybridized carbons (Fsp3) is 0.385. The van der Waals surface area contributed by atoms with E-state index in [9.17, 15) is 33.7 Å². The summed E-state index contributed by atoms with van der Waals surface area (Å²) in [4.78, 5) is 54.1. The van der Waals surface area contributed by atoms with Gasteiger partial charge in [0.25, 0.3) is 0 Å². The maximum absolute atomic E-state index is 13.1. The summed E-state index contributed by atoms with van der Waals surface area (Å²) in [6.07, 6.45) is 14.4. The molecule has 0 saturated carbocycles. The van der Waals surface area contributed by atoms with Crippen molar-refractivity contribution < 1.29 is 33.7 Å². The SMILES string of the molecule is CCCS(=O)(=O)c1cccc(Nc2nc(Nc3ccc(N4CCN(C)CC4)cc3)ncc2C)c1.Cc1cnc(Nc2ccc(N3CCN(C)CC3)cc2)nc1Nc1cccc(S(=O)(=O)CC2CCNCC2)c1.Cc1cnc(Nc2ccc(N3CCN(C)CC3)cc2)nc1Nc1cccc(S(C)(=O)=O)c1.Cc1cnc(Nc2cccc(CN3CCCCC3)c2)nc1Nc1cccc(S(=O)(=O)CC(C)(C)C)c1. The van der Waals surface area contributed by atoms with E-state index in [1.807, 2.05) is 116 Å². The Hall–Kier alpha value is -12.5. The number of likely N-dealkylation sites (N-methyl/N-ethyl adjacent to an activating group) is 3. The van der Waals surface area contributed by atoms with Crippen LogP contribution in [0.3, 0.4) is 0 Å². The van der Waals surface area contributed by atoms with Gasteiger partial charge in [0, 0.05) is 201 Å². The highest BCUT2D eigenvalue weighted by atomic mass is 32.2. The molecule has 8 aromatic carbocycles. The van der Waals surface area contributed by atoms with Crippen molar-refractivity contribution in [3.8, 4) is 0 Å². The van der Waals surface area contributed by atoms with Gasteiger partial charge < -0.3 is 77.3 Å². The van der Waals surface area contributed by atoms with Crippen LogP contribution >= 0.6 is 0 Å². The highest BCUT2D eigenvalue weighted by Crippen LogP contribution is 2.34. The van der Waals surface area contributed by atoms with Crippen LogP contribution in [0.1, 0.15) is 94.0 Å². The first-order chi connectivity index (χ1) is 67.0. The number of piperidine rings is 2. The summed E-state index contributed by atoms with van der Waals surface area (Å²) < 4.78 is 100. The fourth-order valence-corrected chi connectivity index (χ4v) is 22.4. The van der Waals surface area contributed by atoms with Crippen LogP contribution in [0.5, 0.6) is 0 Å². The molecule has 32 nitrogen and oxygen atoms in total. The van der Waals surface area contributed by atoms with Gasteiger partial charge in [-0.25, -0.2) is 53.6 Å². The van der Waals surface area contributed by atoms with Gasteiger partial charge in [-0.1, -0.05) is 70.5 Å². The minimum Gasteiger partial charge on any atom is -0.369 e. The van der Waals surface area contributed by atoms with Crippen LogP contribution in [0.2, 0.25) is 0 Å². The van der Waals surface area contributed by atoms with Gasteiger partial charge in [-0.15, -0.1) is 0 Å². The lowest BCUT2D eigenvalue weighted by atomic mass is 10.0. The Bertz CT molecular complexity index is 6630. The summed E-state index contributed by atoms with van der Waals surface area (Å²) in [6, 6.07) is 60.7. The van der Waals surface area contributed by atoms with Crippen molar-refractivity contribution in [1.29, 1.82) is 0 Å². The first kappa shape index (κ1) is 103. The van der Waals surface area contributed by atoms with Gasteiger partial charge in [-0.2, -0.15) is 19.9 Å². The van der Waals surface area contributed by atoms with Crippen molar-refractivity contribution in [2.24, 2.45) is 11.3 Å². The summed E-state index contributed by atoms with van der Waals surface area (Å²) in [5.74, 6) is 4.98. The van der Waals surface area contributed by atoms with Crippen molar-refractivity contribution in [1.82, 2.24) is 64.8 Å². The predicted molar refractivity (Wildman–Crippen MR) is 568 cm³/mol. The van der Waals surface area contributed by atoms with Crippen molar-refractivity contribution >= 4 is 149 Å². The van der Waals surface area contributed by atoms with Crippen LogP contribution in [-0.2, 0) is 45.9 Å². The van der Waals surface area contributed by atoms with Crippen molar-refractivity contribution in [2.75, 3.05) is 207 Å². The largest absolute Gasteiger partial charge is 0.369 e. The van der Waals surface area contributed by atoms with Gasteiger partial charge in [0.2, 0.25) is 23.8 Å². The Morgan fingerprint density at radius 2 is 0.671 bits per heavy atom. The van der Waals surface area contributed by atoms with Crippen LogP contribution in [-0.4, -0.2) is 243 Å². The lowest BCUT2D eigenvalue weighted by Crippen LogP contribution is -2.44. The molecule has 742 valence electrons. The molecule has 0 spiro atoms. The molecule has 0 aliphatic carbocycles. The van der Waals surface area contributed by atoms with Crippen LogP contribution in [0.15, 0.2) is 238 Å². The van der Waals surface area contributed by atoms with E-state index >= 15 is 0 Å². The van der Waals surface area contributed by atoms with E-state index in [1.54, 1.807) is 104 Å². The molecule has 36 heteroatoms. The Morgan fingerprint density at radius 1 is 0.357 bits per heavy atom. The van der Waals surface area contributed by atoms with E-state index in [1.165, 1.54) is 48.1 Å². The summed E-state index contributed by atoms with van der Waals surface area (Å²) in [6.45, 7) is 32.9. The van der Waals surface area contributed by atoms with Gasteiger partial charge >= 0.3 is 0 Å².